The summed E-state index contributed by atoms with van der Waals surface area (Å²) in [6, 6.07) is 1.86. The smallest absolute Gasteiger partial charge is 0.161 e. The van der Waals surface area contributed by atoms with Crippen molar-refractivity contribution in [1.29, 1.82) is 0 Å². The zero-order chi connectivity index (χ0) is 13.8. The van der Waals surface area contributed by atoms with E-state index in [9.17, 15) is 0 Å². The van der Waals surface area contributed by atoms with Crippen molar-refractivity contribution in [2.45, 2.75) is 33.1 Å². The van der Waals surface area contributed by atoms with Gasteiger partial charge in [-0.1, -0.05) is 26.1 Å². The summed E-state index contributed by atoms with van der Waals surface area (Å²) in [6.07, 6.45) is 5.32. The highest BCUT2D eigenvalue weighted by Crippen LogP contribution is 2.27. The molecule has 0 aromatic carbocycles. The molecule has 1 saturated heterocycles. The van der Waals surface area contributed by atoms with Gasteiger partial charge in [0.15, 0.2) is 5.82 Å². The van der Waals surface area contributed by atoms with E-state index < -0.39 is 0 Å². The number of nitrogens with two attached hydrogens (primary N) is 1. The van der Waals surface area contributed by atoms with E-state index in [1.165, 1.54) is 19.3 Å². The molecule has 0 bridgehead atoms. The summed E-state index contributed by atoms with van der Waals surface area (Å²) in [5, 5.41) is 8.22. The standard InChI is InChI=1S/C14H22N4S/c1-10(2)11-4-3-8-18(9-6-11)14-12(13(15)19)5-7-16-17-14/h5,7,10-11H,3-4,6,8-9H2,1-2H3,(H2,15,19). The van der Waals surface area contributed by atoms with Gasteiger partial charge in [0.1, 0.15) is 4.99 Å². The summed E-state index contributed by atoms with van der Waals surface area (Å²) in [5.41, 5.74) is 6.61. The van der Waals surface area contributed by atoms with Crippen LogP contribution in [0.3, 0.4) is 0 Å². The average molecular weight is 278 g/mol. The van der Waals surface area contributed by atoms with Gasteiger partial charge in [-0.05, 0) is 37.2 Å². The van der Waals surface area contributed by atoms with Gasteiger partial charge < -0.3 is 10.6 Å². The van der Waals surface area contributed by atoms with Crippen molar-refractivity contribution in [1.82, 2.24) is 10.2 Å². The van der Waals surface area contributed by atoms with Crippen LogP contribution in [-0.2, 0) is 0 Å². The Morgan fingerprint density at radius 3 is 2.89 bits per heavy atom. The molecular weight excluding hydrogens is 256 g/mol. The van der Waals surface area contributed by atoms with Crippen LogP contribution in [0.2, 0.25) is 0 Å². The summed E-state index contributed by atoms with van der Waals surface area (Å²) in [5.74, 6) is 2.39. The predicted molar refractivity (Wildman–Crippen MR) is 82.3 cm³/mol. The normalized spacial score (nSPS) is 20.4. The first kappa shape index (κ1) is 14.2. The van der Waals surface area contributed by atoms with Gasteiger partial charge >= 0.3 is 0 Å². The fraction of sp³-hybridized carbons (Fsp3) is 0.643. The largest absolute Gasteiger partial charge is 0.389 e. The van der Waals surface area contributed by atoms with Crippen molar-refractivity contribution in [2.24, 2.45) is 17.6 Å². The topological polar surface area (TPSA) is 55.0 Å². The first-order valence-electron chi connectivity index (χ1n) is 6.96. The molecule has 2 heterocycles. The van der Waals surface area contributed by atoms with E-state index >= 15 is 0 Å². The van der Waals surface area contributed by atoms with E-state index in [4.69, 9.17) is 18.0 Å². The van der Waals surface area contributed by atoms with Crippen LogP contribution in [0.4, 0.5) is 5.82 Å². The molecule has 2 rings (SSSR count). The maximum atomic E-state index is 5.77. The summed E-state index contributed by atoms with van der Waals surface area (Å²) in [6.45, 7) is 6.64. The van der Waals surface area contributed by atoms with Gasteiger partial charge in [0.05, 0.1) is 11.8 Å². The molecule has 0 spiro atoms. The van der Waals surface area contributed by atoms with Crippen molar-refractivity contribution in [3.05, 3.63) is 17.8 Å². The molecule has 0 amide bonds. The molecule has 5 heteroatoms. The Balaban J connectivity index is 2.16. The van der Waals surface area contributed by atoms with Gasteiger partial charge in [-0.15, -0.1) is 5.10 Å². The summed E-state index contributed by atoms with van der Waals surface area (Å²) in [7, 11) is 0. The van der Waals surface area contributed by atoms with Crippen LogP contribution >= 0.6 is 12.2 Å². The van der Waals surface area contributed by atoms with Gasteiger partial charge in [0, 0.05) is 13.1 Å². The van der Waals surface area contributed by atoms with Crippen LogP contribution in [0.15, 0.2) is 12.3 Å². The quantitative estimate of drug-likeness (QED) is 0.860. The van der Waals surface area contributed by atoms with Crippen molar-refractivity contribution in [3.8, 4) is 0 Å². The average Bonchev–Trinajstić information content (AvgIpc) is 2.64. The minimum atomic E-state index is 0.398. The van der Waals surface area contributed by atoms with Crippen LogP contribution in [0.25, 0.3) is 0 Å². The molecule has 1 atom stereocenters. The Kier molecular flexibility index (Phi) is 4.69. The maximum absolute atomic E-state index is 5.77. The second-order valence-electron chi connectivity index (χ2n) is 5.55. The van der Waals surface area contributed by atoms with Gasteiger partial charge in [0.25, 0.3) is 0 Å². The number of nitrogens with zero attached hydrogens (tertiary/aromatic N) is 3. The lowest BCUT2D eigenvalue weighted by atomic mass is 9.89. The fourth-order valence-corrected chi connectivity index (χ4v) is 2.91. The summed E-state index contributed by atoms with van der Waals surface area (Å²) >= 11 is 5.10. The monoisotopic (exact) mass is 278 g/mol. The Morgan fingerprint density at radius 1 is 1.42 bits per heavy atom. The van der Waals surface area contributed by atoms with Crippen molar-refractivity contribution < 1.29 is 0 Å². The highest BCUT2D eigenvalue weighted by atomic mass is 32.1. The molecule has 2 N–H and O–H groups in total. The molecule has 4 nitrogen and oxygen atoms in total. The summed E-state index contributed by atoms with van der Waals surface area (Å²) < 4.78 is 0. The molecule has 1 aliphatic heterocycles. The Hall–Kier alpha value is -1.23. The zero-order valence-corrected chi connectivity index (χ0v) is 12.5. The maximum Gasteiger partial charge on any atom is 0.161 e. The molecule has 1 aliphatic rings. The highest BCUT2D eigenvalue weighted by Gasteiger charge is 2.22. The first-order valence-corrected chi connectivity index (χ1v) is 7.37. The molecular formula is C14H22N4S. The van der Waals surface area contributed by atoms with Crippen LogP contribution in [0.5, 0.6) is 0 Å². The number of hydrogen-bond donors (Lipinski definition) is 1. The van der Waals surface area contributed by atoms with Crippen molar-refractivity contribution >= 4 is 23.0 Å². The molecule has 104 valence electrons. The number of hydrogen-bond acceptors (Lipinski definition) is 4. The minimum absolute atomic E-state index is 0.398. The Morgan fingerprint density at radius 2 is 2.21 bits per heavy atom. The Bertz CT molecular complexity index is 447. The molecule has 1 fully saturated rings. The third-order valence-corrected chi connectivity index (χ3v) is 4.20. The van der Waals surface area contributed by atoms with Crippen LogP contribution in [-0.4, -0.2) is 28.3 Å². The van der Waals surface area contributed by atoms with E-state index in [1.807, 2.05) is 6.07 Å². The van der Waals surface area contributed by atoms with E-state index in [1.54, 1.807) is 6.20 Å². The summed E-state index contributed by atoms with van der Waals surface area (Å²) in [4.78, 5) is 2.68. The van der Waals surface area contributed by atoms with Crippen LogP contribution < -0.4 is 10.6 Å². The van der Waals surface area contributed by atoms with E-state index in [2.05, 4.69) is 28.9 Å². The molecule has 1 unspecified atom stereocenters. The predicted octanol–water partition coefficient (Wildman–Crippen LogP) is 2.37. The van der Waals surface area contributed by atoms with Gasteiger partial charge in [-0.3, -0.25) is 0 Å². The third kappa shape index (κ3) is 3.41. The van der Waals surface area contributed by atoms with Gasteiger partial charge in [-0.2, -0.15) is 5.10 Å². The highest BCUT2D eigenvalue weighted by molar-refractivity contribution is 7.80. The van der Waals surface area contributed by atoms with E-state index in [0.717, 1.165) is 36.3 Å². The molecule has 0 aliphatic carbocycles. The van der Waals surface area contributed by atoms with Gasteiger partial charge in [0.2, 0.25) is 0 Å². The molecule has 1 aromatic heterocycles. The fourth-order valence-electron chi connectivity index (χ4n) is 2.75. The number of thiocarbonyl (C=S) groups is 1. The lowest BCUT2D eigenvalue weighted by molar-refractivity contribution is 0.351. The van der Waals surface area contributed by atoms with Crippen LogP contribution in [0, 0.1) is 11.8 Å². The van der Waals surface area contributed by atoms with Crippen LogP contribution in [0.1, 0.15) is 38.7 Å². The SMILES string of the molecule is CC(C)C1CCCN(c2nnccc2C(N)=S)CC1. The number of anilines is 1. The first-order chi connectivity index (χ1) is 9.09. The Labute approximate surface area is 120 Å². The van der Waals surface area contributed by atoms with Crippen molar-refractivity contribution in [3.63, 3.8) is 0 Å². The second-order valence-corrected chi connectivity index (χ2v) is 5.99. The number of rotatable bonds is 3. The third-order valence-electron chi connectivity index (χ3n) is 3.98. The van der Waals surface area contributed by atoms with Gasteiger partial charge in [-0.25, -0.2) is 0 Å². The van der Waals surface area contributed by atoms with E-state index in [-0.39, 0.29) is 0 Å². The lowest BCUT2D eigenvalue weighted by Gasteiger charge is -2.23. The second kappa shape index (κ2) is 6.28. The minimum Gasteiger partial charge on any atom is -0.389 e. The molecule has 0 radical (unpaired) electrons. The molecule has 1 aromatic rings. The van der Waals surface area contributed by atoms with Crippen molar-refractivity contribution in [2.75, 3.05) is 18.0 Å². The van der Waals surface area contributed by atoms with E-state index in [0.29, 0.717) is 4.99 Å². The zero-order valence-electron chi connectivity index (χ0n) is 11.7. The lowest BCUT2D eigenvalue weighted by Crippen LogP contribution is -2.28. The number of aromatic nitrogens is 2. The molecule has 0 saturated carbocycles. The molecule has 19 heavy (non-hydrogen) atoms.